The largest absolute Gasteiger partial charge is 0.435 e. The molecule has 44 heavy (non-hydrogen) atoms. The normalized spacial score (nSPS) is 19.2. The molecule has 15 heteroatoms. The van der Waals surface area contributed by atoms with Crippen LogP contribution in [-0.4, -0.2) is 86.1 Å². The minimum Gasteiger partial charge on any atom is -0.339 e. The first kappa shape index (κ1) is 30.1. The van der Waals surface area contributed by atoms with Crippen molar-refractivity contribution in [2.45, 2.75) is 37.9 Å². The Morgan fingerprint density at radius 3 is 2.43 bits per heavy atom. The Labute approximate surface area is 256 Å². The predicted octanol–water partition coefficient (Wildman–Crippen LogP) is 3.83. The number of alkyl halides is 3. The van der Waals surface area contributed by atoms with Crippen molar-refractivity contribution in [3.05, 3.63) is 52.7 Å². The molecule has 0 spiro atoms. The average Bonchev–Trinajstić information content (AvgIpc) is 3.64. The highest BCUT2D eigenvalue weighted by Gasteiger charge is 2.40. The third kappa shape index (κ3) is 6.05. The van der Waals surface area contributed by atoms with E-state index >= 15 is 0 Å². The van der Waals surface area contributed by atoms with Gasteiger partial charge in [-0.15, -0.1) is 0 Å². The molecule has 3 aromatic rings. The number of aromatic nitrogens is 4. The lowest BCUT2D eigenvalue weighted by Crippen LogP contribution is -2.53. The number of carbonyl (C=O) groups excluding carboxylic acids is 3. The van der Waals surface area contributed by atoms with Crippen molar-refractivity contribution >= 4 is 35.0 Å². The van der Waals surface area contributed by atoms with Crippen molar-refractivity contribution in [3.8, 4) is 11.3 Å². The summed E-state index contributed by atoms with van der Waals surface area (Å²) in [7, 11) is 1.46. The Kier molecular flexibility index (Phi) is 8.14. The van der Waals surface area contributed by atoms with Gasteiger partial charge in [-0.05, 0) is 50.4 Å². The third-order valence-electron chi connectivity index (χ3n) is 8.37. The van der Waals surface area contributed by atoms with Gasteiger partial charge in [0.1, 0.15) is 0 Å². The smallest absolute Gasteiger partial charge is 0.339 e. The van der Waals surface area contributed by atoms with E-state index in [4.69, 9.17) is 11.6 Å². The van der Waals surface area contributed by atoms with Crippen LogP contribution in [0.25, 0.3) is 11.3 Å². The van der Waals surface area contributed by atoms with Crippen LogP contribution in [0.15, 0.2) is 30.6 Å². The van der Waals surface area contributed by atoms with Crippen LogP contribution < -0.4 is 10.6 Å². The molecular formula is C29H32ClF3N8O3. The number of hydrogen-bond donors (Lipinski definition) is 2. The summed E-state index contributed by atoms with van der Waals surface area (Å²) in [6.07, 6.45) is 1.27. The molecule has 1 aromatic carbocycles. The fraction of sp³-hybridized carbons (Fsp3) is 0.483. The van der Waals surface area contributed by atoms with Crippen LogP contribution in [0.2, 0.25) is 5.02 Å². The molecule has 0 unspecified atom stereocenters. The SMILES string of the molecule is Cn1c(-c2cn(C3CC3)nc2C(F)(F)F)cnc1C(=O)Nc1ccc(C(=O)N2CCN(C(=O)[C@@H]3CCCNC3)CC2)c(Cl)c1. The monoisotopic (exact) mass is 632 g/mol. The number of halogens is 4. The molecule has 0 bridgehead atoms. The van der Waals surface area contributed by atoms with Crippen LogP contribution in [0.1, 0.15) is 58.4 Å². The first-order valence-corrected chi connectivity index (χ1v) is 15.0. The highest BCUT2D eigenvalue weighted by atomic mass is 35.5. The zero-order valence-electron chi connectivity index (χ0n) is 24.0. The van der Waals surface area contributed by atoms with Gasteiger partial charge >= 0.3 is 6.18 Å². The fourth-order valence-corrected chi connectivity index (χ4v) is 6.02. The molecule has 1 atom stereocenters. The second-order valence-corrected chi connectivity index (χ2v) is 11.8. The summed E-state index contributed by atoms with van der Waals surface area (Å²) >= 11 is 6.46. The van der Waals surface area contributed by atoms with Gasteiger partial charge in [-0.25, -0.2) is 4.98 Å². The first-order chi connectivity index (χ1) is 21.0. The van der Waals surface area contributed by atoms with Crippen molar-refractivity contribution in [2.75, 3.05) is 44.6 Å². The molecule has 2 aromatic heterocycles. The average molecular weight is 633 g/mol. The molecule has 3 aliphatic rings. The van der Waals surface area contributed by atoms with Crippen LogP contribution in [-0.2, 0) is 18.0 Å². The van der Waals surface area contributed by atoms with Gasteiger partial charge in [0.05, 0.1) is 40.0 Å². The van der Waals surface area contributed by atoms with Gasteiger partial charge in [-0.1, -0.05) is 11.6 Å². The highest BCUT2D eigenvalue weighted by Crippen LogP contribution is 2.41. The molecule has 2 aliphatic heterocycles. The van der Waals surface area contributed by atoms with Crippen molar-refractivity contribution in [1.82, 2.24) is 34.4 Å². The lowest BCUT2D eigenvalue weighted by molar-refractivity contribution is -0.141. The number of imidazole rings is 1. The van der Waals surface area contributed by atoms with Gasteiger partial charge in [-0.2, -0.15) is 18.3 Å². The summed E-state index contributed by atoms with van der Waals surface area (Å²) in [6.45, 7) is 3.28. The summed E-state index contributed by atoms with van der Waals surface area (Å²) in [5, 5.41) is 9.81. The topological polar surface area (TPSA) is 117 Å². The Bertz CT molecular complexity index is 1580. The van der Waals surface area contributed by atoms with Gasteiger partial charge in [0, 0.05) is 51.7 Å². The van der Waals surface area contributed by atoms with Gasteiger partial charge < -0.3 is 25.0 Å². The number of piperazine rings is 1. The number of rotatable bonds is 6. The van der Waals surface area contributed by atoms with E-state index in [0.29, 0.717) is 32.7 Å². The number of anilines is 1. The van der Waals surface area contributed by atoms with E-state index in [2.05, 4.69) is 20.7 Å². The van der Waals surface area contributed by atoms with E-state index in [1.807, 2.05) is 4.90 Å². The van der Waals surface area contributed by atoms with Gasteiger partial charge in [0.15, 0.2) is 11.5 Å². The standard InChI is InChI=1S/C29H32ClF3N8O3/c1-38-23(21-16-41(19-5-6-19)37-24(21)29(31,32)33)15-35-25(38)26(42)36-18-4-7-20(22(30)13-18)28(44)40-11-9-39(10-12-40)27(43)17-3-2-8-34-14-17/h4,7,13,15-17,19,34H,2-3,5-6,8-12,14H2,1H3,(H,36,42)/t17-/m1/s1. The lowest BCUT2D eigenvalue weighted by atomic mass is 9.98. The Morgan fingerprint density at radius 1 is 1.07 bits per heavy atom. The number of nitrogens with zero attached hydrogens (tertiary/aromatic N) is 6. The van der Waals surface area contributed by atoms with E-state index in [1.54, 1.807) is 4.90 Å². The Hall–Kier alpha value is -3.91. The summed E-state index contributed by atoms with van der Waals surface area (Å²) in [4.78, 5) is 46.7. The molecule has 3 amide bonds. The Balaban J connectivity index is 1.10. The lowest BCUT2D eigenvalue weighted by Gasteiger charge is -2.37. The quantitative estimate of drug-likeness (QED) is 0.427. The number of carbonyl (C=O) groups is 3. The van der Waals surface area contributed by atoms with Crippen LogP contribution in [0.5, 0.6) is 0 Å². The van der Waals surface area contributed by atoms with Gasteiger partial charge in [0.25, 0.3) is 11.8 Å². The zero-order chi connectivity index (χ0) is 31.2. The van der Waals surface area contributed by atoms with E-state index in [1.165, 1.54) is 46.9 Å². The molecule has 3 fully saturated rings. The number of nitrogens with one attached hydrogen (secondary N) is 2. The minimum atomic E-state index is -4.67. The predicted molar refractivity (Wildman–Crippen MR) is 155 cm³/mol. The van der Waals surface area contributed by atoms with Gasteiger partial charge in [-0.3, -0.25) is 19.1 Å². The van der Waals surface area contributed by atoms with Crippen LogP contribution in [0.4, 0.5) is 18.9 Å². The highest BCUT2D eigenvalue weighted by molar-refractivity contribution is 6.34. The minimum absolute atomic E-state index is 0.0238. The molecule has 1 aliphatic carbocycles. The van der Waals surface area contributed by atoms with Crippen molar-refractivity contribution in [3.63, 3.8) is 0 Å². The van der Waals surface area contributed by atoms with Gasteiger partial charge in [0.2, 0.25) is 5.91 Å². The van der Waals surface area contributed by atoms with Crippen molar-refractivity contribution in [1.29, 1.82) is 0 Å². The fourth-order valence-electron chi connectivity index (χ4n) is 5.76. The summed E-state index contributed by atoms with van der Waals surface area (Å²) in [5.74, 6) is -0.952. The third-order valence-corrected chi connectivity index (χ3v) is 8.68. The molecular weight excluding hydrogens is 601 g/mol. The van der Waals surface area contributed by atoms with Crippen molar-refractivity contribution in [2.24, 2.45) is 13.0 Å². The van der Waals surface area contributed by atoms with Crippen LogP contribution in [0, 0.1) is 5.92 Å². The molecule has 2 N–H and O–H groups in total. The molecule has 6 rings (SSSR count). The molecule has 2 saturated heterocycles. The van der Waals surface area contributed by atoms with E-state index in [0.717, 1.165) is 32.2 Å². The maximum Gasteiger partial charge on any atom is 0.435 e. The maximum absolute atomic E-state index is 13.7. The summed E-state index contributed by atoms with van der Waals surface area (Å²) < 4.78 is 43.8. The summed E-state index contributed by atoms with van der Waals surface area (Å²) in [6, 6.07) is 4.42. The first-order valence-electron chi connectivity index (χ1n) is 14.6. The summed E-state index contributed by atoms with van der Waals surface area (Å²) in [5.41, 5.74) is -0.533. The molecule has 11 nitrogen and oxygen atoms in total. The van der Waals surface area contributed by atoms with E-state index in [9.17, 15) is 27.6 Å². The second kappa shape index (κ2) is 11.9. The number of piperidine rings is 1. The number of hydrogen-bond acceptors (Lipinski definition) is 6. The number of amides is 3. The Morgan fingerprint density at radius 2 is 1.80 bits per heavy atom. The van der Waals surface area contributed by atoms with E-state index in [-0.39, 0.29) is 57.1 Å². The van der Waals surface area contributed by atoms with Crippen LogP contribution >= 0.6 is 11.6 Å². The van der Waals surface area contributed by atoms with Crippen molar-refractivity contribution < 1.29 is 27.6 Å². The molecule has 234 valence electrons. The van der Waals surface area contributed by atoms with E-state index < -0.39 is 17.8 Å². The molecule has 0 radical (unpaired) electrons. The second-order valence-electron chi connectivity index (χ2n) is 11.4. The maximum atomic E-state index is 13.7. The number of benzene rings is 1. The zero-order valence-corrected chi connectivity index (χ0v) is 24.8. The van der Waals surface area contributed by atoms with Crippen LogP contribution in [0.3, 0.4) is 0 Å². The molecule has 4 heterocycles. The molecule has 1 saturated carbocycles.